The first kappa shape index (κ1) is 19.8. The third-order valence-electron chi connectivity index (χ3n) is 4.51. The number of carbonyl (C=O) groups excluding carboxylic acids is 1. The Morgan fingerprint density at radius 2 is 1.67 bits per heavy atom. The molecule has 1 amide bonds. The van der Waals surface area contributed by atoms with Crippen LogP contribution in [0.1, 0.15) is 34.7 Å². The van der Waals surface area contributed by atoms with Crippen LogP contribution in [0.15, 0.2) is 84.3 Å². The molecule has 0 radical (unpaired) electrons. The molecule has 0 fully saturated rings. The van der Waals surface area contributed by atoms with E-state index in [9.17, 15) is 4.79 Å². The highest BCUT2D eigenvalue weighted by Crippen LogP contribution is 2.23. The van der Waals surface area contributed by atoms with Crippen LogP contribution in [0.4, 0.5) is 0 Å². The number of carbonyl (C=O) groups is 1. The Bertz CT molecular complexity index is 1100. The molecule has 2 aromatic carbocycles. The first-order valence-corrected chi connectivity index (χ1v) is 10.5. The van der Waals surface area contributed by atoms with E-state index in [1.807, 2.05) is 67.6 Å². The van der Waals surface area contributed by atoms with Crippen LogP contribution >= 0.6 is 11.8 Å². The second-order valence-corrected chi connectivity index (χ2v) is 7.50. The van der Waals surface area contributed by atoms with Crippen molar-refractivity contribution in [3.63, 3.8) is 0 Å². The van der Waals surface area contributed by atoms with Gasteiger partial charge in [-0.2, -0.15) is 0 Å². The predicted octanol–water partition coefficient (Wildman–Crippen LogP) is 3.84. The van der Waals surface area contributed by atoms with Gasteiger partial charge in [0.15, 0.2) is 10.9 Å². The zero-order valence-electron chi connectivity index (χ0n) is 16.3. The van der Waals surface area contributed by atoms with Gasteiger partial charge in [-0.15, -0.1) is 5.10 Å². The van der Waals surface area contributed by atoms with Gasteiger partial charge in [0.1, 0.15) is 0 Å². The number of nitrogens with one attached hydrogen (secondary N) is 1. The van der Waals surface area contributed by atoms with Gasteiger partial charge in [-0.25, -0.2) is 14.6 Å². The van der Waals surface area contributed by atoms with E-state index >= 15 is 0 Å². The molecule has 7 nitrogen and oxygen atoms in total. The van der Waals surface area contributed by atoms with E-state index in [0.717, 1.165) is 11.3 Å². The minimum atomic E-state index is -0.266. The van der Waals surface area contributed by atoms with Crippen molar-refractivity contribution in [1.82, 2.24) is 30.3 Å². The number of hydrogen-bond acceptors (Lipinski definition) is 6. The molecule has 4 aromatic rings. The molecule has 2 heterocycles. The summed E-state index contributed by atoms with van der Waals surface area (Å²) in [6, 6.07) is 21.1. The SMILES string of the molecule is CC(NC(=O)c1nnn(-c2ccccc2)c1CSc1ncccn1)c1ccccc1. The Kier molecular flexibility index (Phi) is 6.14. The summed E-state index contributed by atoms with van der Waals surface area (Å²) in [7, 11) is 0. The van der Waals surface area contributed by atoms with Crippen LogP contribution in [-0.2, 0) is 5.75 Å². The van der Waals surface area contributed by atoms with Crippen molar-refractivity contribution in [3.8, 4) is 5.69 Å². The highest BCUT2D eigenvalue weighted by atomic mass is 32.2. The summed E-state index contributed by atoms with van der Waals surface area (Å²) in [5.41, 5.74) is 2.85. The van der Waals surface area contributed by atoms with E-state index in [4.69, 9.17) is 0 Å². The van der Waals surface area contributed by atoms with Crippen LogP contribution in [0.2, 0.25) is 0 Å². The summed E-state index contributed by atoms with van der Waals surface area (Å²) in [4.78, 5) is 21.5. The largest absolute Gasteiger partial charge is 0.344 e. The third-order valence-corrected chi connectivity index (χ3v) is 5.39. The predicted molar refractivity (Wildman–Crippen MR) is 115 cm³/mol. The van der Waals surface area contributed by atoms with Crippen LogP contribution < -0.4 is 5.32 Å². The monoisotopic (exact) mass is 416 g/mol. The number of hydrogen-bond donors (Lipinski definition) is 1. The van der Waals surface area contributed by atoms with Gasteiger partial charge in [0.2, 0.25) is 0 Å². The topological polar surface area (TPSA) is 85.6 Å². The third kappa shape index (κ3) is 4.55. The molecule has 1 unspecified atom stereocenters. The maximum Gasteiger partial charge on any atom is 0.274 e. The second kappa shape index (κ2) is 9.32. The Balaban J connectivity index is 1.61. The standard InChI is InChI=1S/C22H20N6OS/c1-16(17-9-4-2-5-10-17)25-21(29)20-19(15-30-22-23-13-8-14-24-22)28(27-26-20)18-11-6-3-7-12-18/h2-14,16H,15H2,1H3,(H,25,29). The van der Waals surface area contributed by atoms with Crippen molar-refractivity contribution in [3.05, 3.63) is 96.1 Å². The molecule has 4 rings (SSSR count). The molecule has 8 heteroatoms. The van der Waals surface area contributed by atoms with Gasteiger partial charge >= 0.3 is 0 Å². The van der Waals surface area contributed by atoms with Crippen molar-refractivity contribution in [2.75, 3.05) is 0 Å². The van der Waals surface area contributed by atoms with E-state index in [1.165, 1.54) is 11.8 Å². The first-order chi connectivity index (χ1) is 14.7. The summed E-state index contributed by atoms with van der Waals surface area (Å²) >= 11 is 1.43. The molecule has 1 atom stereocenters. The van der Waals surface area contributed by atoms with E-state index in [1.54, 1.807) is 23.1 Å². The number of amides is 1. The van der Waals surface area contributed by atoms with Crippen molar-refractivity contribution in [2.45, 2.75) is 23.9 Å². The lowest BCUT2D eigenvalue weighted by atomic mass is 10.1. The lowest BCUT2D eigenvalue weighted by Crippen LogP contribution is -2.28. The molecule has 2 aromatic heterocycles. The van der Waals surface area contributed by atoms with Gasteiger partial charge in [-0.05, 0) is 30.7 Å². The van der Waals surface area contributed by atoms with Gasteiger partial charge in [0.05, 0.1) is 17.4 Å². The number of benzene rings is 2. The Labute approximate surface area is 178 Å². The van der Waals surface area contributed by atoms with Crippen molar-refractivity contribution in [1.29, 1.82) is 0 Å². The zero-order chi connectivity index (χ0) is 20.8. The lowest BCUT2D eigenvalue weighted by molar-refractivity contribution is 0.0934. The van der Waals surface area contributed by atoms with Crippen LogP contribution in [0.5, 0.6) is 0 Å². The minimum Gasteiger partial charge on any atom is -0.344 e. The summed E-state index contributed by atoms with van der Waals surface area (Å²) in [5, 5.41) is 12.1. The molecular weight excluding hydrogens is 396 g/mol. The molecule has 0 aliphatic rings. The van der Waals surface area contributed by atoms with Crippen molar-refractivity contribution in [2.24, 2.45) is 0 Å². The van der Waals surface area contributed by atoms with Gasteiger partial charge in [0.25, 0.3) is 5.91 Å². The minimum absolute atomic E-state index is 0.154. The molecule has 0 saturated heterocycles. The molecular formula is C22H20N6OS. The molecule has 0 aliphatic heterocycles. The van der Waals surface area contributed by atoms with Crippen LogP contribution in [-0.4, -0.2) is 30.9 Å². The summed E-state index contributed by atoms with van der Waals surface area (Å²) in [6.45, 7) is 1.95. The van der Waals surface area contributed by atoms with E-state index in [-0.39, 0.29) is 11.9 Å². The molecule has 0 saturated carbocycles. The lowest BCUT2D eigenvalue weighted by Gasteiger charge is -2.14. The summed E-state index contributed by atoms with van der Waals surface area (Å²) in [6.07, 6.45) is 3.38. The number of para-hydroxylation sites is 1. The van der Waals surface area contributed by atoms with Gasteiger partial charge < -0.3 is 5.32 Å². The number of aromatic nitrogens is 5. The second-order valence-electron chi connectivity index (χ2n) is 6.56. The van der Waals surface area contributed by atoms with Gasteiger partial charge in [0, 0.05) is 18.1 Å². The highest BCUT2D eigenvalue weighted by molar-refractivity contribution is 7.98. The first-order valence-electron chi connectivity index (χ1n) is 9.48. The zero-order valence-corrected chi connectivity index (χ0v) is 17.2. The highest BCUT2D eigenvalue weighted by Gasteiger charge is 2.22. The maximum atomic E-state index is 13.0. The molecule has 0 bridgehead atoms. The number of thioether (sulfide) groups is 1. The molecule has 150 valence electrons. The maximum absolute atomic E-state index is 13.0. The normalized spacial score (nSPS) is 11.8. The van der Waals surface area contributed by atoms with Gasteiger partial charge in [-0.3, -0.25) is 4.79 Å². The molecule has 30 heavy (non-hydrogen) atoms. The van der Waals surface area contributed by atoms with Gasteiger partial charge in [-0.1, -0.05) is 65.5 Å². The van der Waals surface area contributed by atoms with Crippen molar-refractivity contribution < 1.29 is 4.79 Å². The van der Waals surface area contributed by atoms with Crippen LogP contribution in [0.3, 0.4) is 0 Å². The Morgan fingerprint density at radius 3 is 2.37 bits per heavy atom. The Hall–Kier alpha value is -3.52. The van der Waals surface area contributed by atoms with E-state index in [0.29, 0.717) is 22.3 Å². The average Bonchev–Trinajstić information content (AvgIpc) is 3.23. The number of rotatable bonds is 7. The molecule has 0 aliphatic carbocycles. The summed E-state index contributed by atoms with van der Waals surface area (Å²) in [5.74, 6) is 0.187. The molecule has 0 spiro atoms. The fourth-order valence-electron chi connectivity index (χ4n) is 2.97. The summed E-state index contributed by atoms with van der Waals surface area (Å²) < 4.78 is 1.69. The fraction of sp³-hybridized carbons (Fsp3) is 0.136. The number of nitrogens with zero attached hydrogens (tertiary/aromatic N) is 5. The average molecular weight is 417 g/mol. The van der Waals surface area contributed by atoms with E-state index < -0.39 is 0 Å². The van der Waals surface area contributed by atoms with Crippen LogP contribution in [0, 0.1) is 0 Å². The van der Waals surface area contributed by atoms with Crippen LogP contribution in [0.25, 0.3) is 5.69 Å². The smallest absolute Gasteiger partial charge is 0.274 e. The fourth-order valence-corrected chi connectivity index (χ4v) is 3.76. The quantitative estimate of drug-likeness (QED) is 0.364. The van der Waals surface area contributed by atoms with E-state index in [2.05, 4.69) is 25.6 Å². The van der Waals surface area contributed by atoms with Crippen molar-refractivity contribution >= 4 is 17.7 Å². The Morgan fingerprint density at radius 1 is 1.00 bits per heavy atom. The molecule has 1 N–H and O–H groups in total.